The van der Waals surface area contributed by atoms with Crippen molar-refractivity contribution >= 4 is 0 Å². The Balaban J connectivity index is 2.20. The molecule has 0 aromatic rings. The van der Waals surface area contributed by atoms with E-state index < -0.39 is 0 Å². The summed E-state index contributed by atoms with van der Waals surface area (Å²) >= 11 is 0. The van der Waals surface area contributed by atoms with Gasteiger partial charge in [-0.25, -0.2) is 0 Å². The van der Waals surface area contributed by atoms with Gasteiger partial charge < -0.3 is 4.74 Å². The van der Waals surface area contributed by atoms with Crippen LogP contribution in [0.4, 0.5) is 0 Å². The van der Waals surface area contributed by atoms with Crippen LogP contribution >= 0.6 is 0 Å². The molecule has 0 saturated carbocycles. The minimum absolute atomic E-state index is 0.462. The first kappa shape index (κ1) is 9.79. The van der Waals surface area contributed by atoms with Crippen LogP contribution in [0.3, 0.4) is 0 Å². The maximum absolute atomic E-state index is 5.62. The molecule has 70 valence electrons. The smallest absolute Gasteiger partial charge is 0.0681 e. The van der Waals surface area contributed by atoms with Crippen molar-refractivity contribution in [3.8, 4) is 0 Å². The van der Waals surface area contributed by atoms with Crippen molar-refractivity contribution in [2.75, 3.05) is 6.61 Å². The van der Waals surface area contributed by atoms with E-state index in [-0.39, 0.29) is 0 Å². The largest absolute Gasteiger partial charge is 0.373 e. The average molecular weight is 168 g/mol. The summed E-state index contributed by atoms with van der Waals surface area (Å²) in [4.78, 5) is 0. The van der Waals surface area contributed by atoms with E-state index in [4.69, 9.17) is 4.74 Å². The van der Waals surface area contributed by atoms with Crippen LogP contribution in [-0.2, 0) is 4.74 Å². The molecule has 1 heteroatoms. The minimum Gasteiger partial charge on any atom is -0.373 e. The molecule has 0 aliphatic carbocycles. The first-order chi connectivity index (χ1) is 5.75. The van der Waals surface area contributed by atoms with Crippen molar-refractivity contribution in [1.29, 1.82) is 0 Å². The quantitative estimate of drug-likeness (QED) is 0.463. The van der Waals surface area contributed by atoms with Gasteiger partial charge in [0.1, 0.15) is 0 Å². The predicted octanol–water partition coefficient (Wildman–Crippen LogP) is 3.16. The van der Waals surface area contributed by atoms with Crippen molar-refractivity contribution in [3.63, 3.8) is 0 Å². The third kappa shape index (κ3) is 2.34. The standard InChI is InChI=1S/C11H20O/c1-4-5-6-7-11-10(3)9(2)8-12-11/h10-11H,2,4-8H2,1,3H3. The summed E-state index contributed by atoms with van der Waals surface area (Å²) in [6, 6.07) is 0. The Bertz CT molecular complexity index is 151. The second-order valence-corrected chi connectivity index (χ2v) is 3.79. The van der Waals surface area contributed by atoms with Crippen molar-refractivity contribution < 1.29 is 4.74 Å². The van der Waals surface area contributed by atoms with Gasteiger partial charge in [0.2, 0.25) is 0 Å². The van der Waals surface area contributed by atoms with Gasteiger partial charge in [0.05, 0.1) is 12.7 Å². The number of ether oxygens (including phenoxy) is 1. The summed E-state index contributed by atoms with van der Waals surface area (Å²) in [7, 11) is 0. The van der Waals surface area contributed by atoms with Gasteiger partial charge in [0.25, 0.3) is 0 Å². The van der Waals surface area contributed by atoms with Crippen molar-refractivity contribution in [3.05, 3.63) is 12.2 Å². The van der Waals surface area contributed by atoms with Crippen LogP contribution in [-0.4, -0.2) is 12.7 Å². The Morgan fingerprint density at radius 1 is 1.50 bits per heavy atom. The monoisotopic (exact) mass is 168 g/mol. The Morgan fingerprint density at radius 3 is 2.75 bits per heavy atom. The summed E-state index contributed by atoms with van der Waals surface area (Å²) in [6.07, 6.45) is 5.61. The molecule has 1 rings (SSSR count). The van der Waals surface area contributed by atoms with Gasteiger partial charge in [0.15, 0.2) is 0 Å². The van der Waals surface area contributed by atoms with Gasteiger partial charge in [-0.05, 0) is 12.0 Å². The average Bonchev–Trinajstić information content (AvgIpc) is 2.36. The third-order valence-corrected chi connectivity index (χ3v) is 2.78. The molecular formula is C11H20O. The number of hydrogen-bond donors (Lipinski definition) is 0. The number of rotatable bonds is 4. The lowest BCUT2D eigenvalue weighted by atomic mass is 9.96. The van der Waals surface area contributed by atoms with Gasteiger partial charge in [-0.15, -0.1) is 0 Å². The van der Waals surface area contributed by atoms with E-state index in [1.165, 1.54) is 31.3 Å². The molecule has 2 atom stereocenters. The van der Waals surface area contributed by atoms with Gasteiger partial charge in [-0.2, -0.15) is 0 Å². The van der Waals surface area contributed by atoms with Gasteiger partial charge in [0, 0.05) is 5.92 Å². The highest BCUT2D eigenvalue weighted by molar-refractivity contribution is 5.06. The molecular weight excluding hydrogens is 148 g/mol. The van der Waals surface area contributed by atoms with Gasteiger partial charge >= 0.3 is 0 Å². The van der Waals surface area contributed by atoms with E-state index in [1.54, 1.807) is 0 Å². The highest BCUT2D eigenvalue weighted by Gasteiger charge is 2.26. The van der Waals surface area contributed by atoms with Crippen LogP contribution < -0.4 is 0 Å². The molecule has 1 nitrogen and oxygen atoms in total. The Morgan fingerprint density at radius 2 is 2.25 bits per heavy atom. The van der Waals surface area contributed by atoms with Crippen molar-refractivity contribution in [2.45, 2.75) is 45.6 Å². The molecule has 1 saturated heterocycles. The topological polar surface area (TPSA) is 9.23 Å². The molecule has 0 radical (unpaired) electrons. The Kier molecular flexibility index (Phi) is 3.80. The normalized spacial score (nSPS) is 29.7. The third-order valence-electron chi connectivity index (χ3n) is 2.78. The molecule has 0 amide bonds. The summed E-state index contributed by atoms with van der Waals surface area (Å²) < 4.78 is 5.62. The zero-order valence-electron chi connectivity index (χ0n) is 8.31. The summed E-state index contributed by atoms with van der Waals surface area (Å²) in [5.74, 6) is 0.585. The highest BCUT2D eigenvalue weighted by Crippen LogP contribution is 2.27. The summed E-state index contributed by atoms with van der Waals surface area (Å²) in [6.45, 7) is 9.24. The van der Waals surface area contributed by atoms with Gasteiger partial charge in [-0.3, -0.25) is 0 Å². The molecule has 12 heavy (non-hydrogen) atoms. The highest BCUT2D eigenvalue weighted by atomic mass is 16.5. The van der Waals surface area contributed by atoms with Crippen LogP contribution in [0.15, 0.2) is 12.2 Å². The van der Waals surface area contributed by atoms with Crippen molar-refractivity contribution in [2.24, 2.45) is 5.92 Å². The lowest BCUT2D eigenvalue weighted by molar-refractivity contribution is 0.0853. The molecule has 1 fully saturated rings. The predicted molar refractivity (Wildman–Crippen MR) is 52.2 cm³/mol. The molecule has 0 spiro atoms. The first-order valence-electron chi connectivity index (χ1n) is 5.05. The van der Waals surface area contributed by atoms with E-state index in [0.717, 1.165) is 6.61 Å². The SMILES string of the molecule is C=C1COC(CCCCC)C1C. The van der Waals surface area contributed by atoms with Crippen LogP contribution in [0.5, 0.6) is 0 Å². The second kappa shape index (κ2) is 4.66. The van der Waals surface area contributed by atoms with E-state index >= 15 is 0 Å². The molecule has 0 bridgehead atoms. The van der Waals surface area contributed by atoms with Crippen LogP contribution in [0.1, 0.15) is 39.5 Å². The molecule has 1 heterocycles. The second-order valence-electron chi connectivity index (χ2n) is 3.79. The first-order valence-corrected chi connectivity index (χ1v) is 5.05. The number of hydrogen-bond acceptors (Lipinski definition) is 1. The Hall–Kier alpha value is -0.300. The molecule has 0 aromatic carbocycles. The fourth-order valence-corrected chi connectivity index (χ4v) is 1.68. The van der Waals surface area contributed by atoms with Crippen LogP contribution in [0.25, 0.3) is 0 Å². The van der Waals surface area contributed by atoms with E-state index in [9.17, 15) is 0 Å². The number of unbranched alkanes of at least 4 members (excludes halogenated alkanes) is 2. The van der Waals surface area contributed by atoms with Gasteiger partial charge in [-0.1, -0.05) is 39.7 Å². The molecule has 1 aliphatic rings. The fourth-order valence-electron chi connectivity index (χ4n) is 1.68. The van der Waals surface area contributed by atoms with E-state index in [0.29, 0.717) is 12.0 Å². The Labute approximate surface area is 75.8 Å². The minimum atomic E-state index is 0.462. The van der Waals surface area contributed by atoms with Crippen LogP contribution in [0, 0.1) is 5.92 Å². The van der Waals surface area contributed by atoms with E-state index in [1.807, 2.05) is 0 Å². The van der Waals surface area contributed by atoms with Crippen molar-refractivity contribution in [1.82, 2.24) is 0 Å². The maximum Gasteiger partial charge on any atom is 0.0681 e. The molecule has 2 unspecified atom stereocenters. The lowest BCUT2D eigenvalue weighted by Gasteiger charge is -2.13. The zero-order valence-corrected chi connectivity index (χ0v) is 8.31. The lowest BCUT2D eigenvalue weighted by Crippen LogP contribution is -2.13. The zero-order chi connectivity index (χ0) is 8.97. The van der Waals surface area contributed by atoms with E-state index in [2.05, 4.69) is 20.4 Å². The van der Waals surface area contributed by atoms with Crippen LogP contribution in [0.2, 0.25) is 0 Å². The maximum atomic E-state index is 5.62. The molecule has 0 N–H and O–H groups in total. The molecule has 1 aliphatic heterocycles. The summed E-state index contributed by atoms with van der Waals surface area (Å²) in [5, 5.41) is 0. The summed E-state index contributed by atoms with van der Waals surface area (Å²) in [5.41, 5.74) is 1.27. The fraction of sp³-hybridized carbons (Fsp3) is 0.818. The molecule has 0 aromatic heterocycles.